The van der Waals surface area contributed by atoms with Crippen LogP contribution in [0.3, 0.4) is 0 Å². The largest absolute Gasteiger partial charge is 0.455 e. The fraction of sp³-hybridized carbons (Fsp3) is 0.0256. The lowest BCUT2D eigenvalue weighted by Crippen LogP contribution is -1.96. The van der Waals surface area contributed by atoms with Gasteiger partial charge in [0, 0.05) is 43.8 Å². The number of fused-ring (bicyclic) bond motifs is 8. The van der Waals surface area contributed by atoms with E-state index in [-0.39, 0.29) is 0 Å². The minimum atomic E-state index is 0.711. The van der Waals surface area contributed by atoms with Crippen LogP contribution in [-0.2, 0) is 0 Å². The summed E-state index contributed by atoms with van der Waals surface area (Å²) in [5.74, 6) is 1.66. The third kappa shape index (κ3) is 3.60. The van der Waals surface area contributed by atoms with E-state index < -0.39 is 0 Å². The van der Waals surface area contributed by atoms with E-state index >= 15 is 0 Å². The molecule has 3 heteroatoms. The number of benzene rings is 6. The summed E-state index contributed by atoms with van der Waals surface area (Å²) in [6.45, 7) is 5.25. The number of rotatable bonds is 2. The lowest BCUT2D eigenvalue weighted by Gasteiger charge is -2.11. The molecule has 0 bridgehead atoms. The van der Waals surface area contributed by atoms with Crippen molar-refractivity contribution in [1.29, 1.82) is 0 Å². The third-order valence-corrected chi connectivity index (χ3v) is 8.00. The Labute approximate surface area is 243 Å². The van der Waals surface area contributed by atoms with Crippen LogP contribution < -0.4 is 0 Å². The van der Waals surface area contributed by atoms with Crippen molar-refractivity contribution in [1.82, 2.24) is 9.97 Å². The van der Waals surface area contributed by atoms with E-state index in [1.807, 2.05) is 13.0 Å². The van der Waals surface area contributed by atoms with Crippen LogP contribution in [0.5, 0.6) is 0 Å². The Morgan fingerprint density at radius 1 is 0.619 bits per heavy atom. The van der Waals surface area contributed by atoms with Gasteiger partial charge in [-0.3, -0.25) is 0 Å². The average Bonchev–Trinajstić information content (AvgIpc) is 3.57. The Balaban J connectivity index is 0.000000856. The maximum absolute atomic E-state index is 6.45. The van der Waals surface area contributed by atoms with Crippen molar-refractivity contribution in [3.63, 3.8) is 0 Å². The van der Waals surface area contributed by atoms with Crippen LogP contribution in [0.4, 0.5) is 0 Å². The summed E-state index contributed by atoms with van der Waals surface area (Å²) in [5.41, 5.74) is 8.38. The van der Waals surface area contributed by atoms with Gasteiger partial charge in [-0.2, -0.15) is 0 Å². The normalized spacial score (nSPS) is 11.5. The second kappa shape index (κ2) is 9.53. The molecule has 0 N–H and O–H groups in total. The SMILES string of the molecule is C=CC.c1ccc(-c2nc(-c3ccc4oc5c(c4c3)-c3cccc4cccc-5c34)nc3c2ccc2ccccc23)cc1. The van der Waals surface area contributed by atoms with Crippen LogP contribution in [-0.4, -0.2) is 9.97 Å². The van der Waals surface area contributed by atoms with E-state index in [1.165, 1.54) is 21.7 Å². The van der Waals surface area contributed by atoms with Gasteiger partial charge in [0.1, 0.15) is 11.3 Å². The van der Waals surface area contributed by atoms with E-state index in [2.05, 4.69) is 122 Å². The zero-order valence-corrected chi connectivity index (χ0v) is 23.1. The highest BCUT2D eigenvalue weighted by molar-refractivity contribution is 6.20. The summed E-state index contributed by atoms with van der Waals surface area (Å²) >= 11 is 0. The van der Waals surface area contributed by atoms with Crippen molar-refractivity contribution >= 4 is 43.4 Å². The molecule has 3 nitrogen and oxygen atoms in total. The monoisotopic (exact) mass is 538 g/mol. The molecule has 2 heterocycles. The molecule has 0 unspecified atom stereocenters. The van der Waals surface area contributed by atoms with Crippen LogP contribution in [0.15, 0.2) is 138 Å². The highest BCUT2D eigenvalue weighted by atomic mass is 16.3. The first kappa shape index (κ1) is 24.3. The lowest BCUT2D eigenvalue weighted by molar-refractivity contribution is 0.634. The molecule has 0 aliphatic heterocycles. The maximum atomic E-state index is 6.45. The number of allylic oxidation sites excluding steroid dienone is 1. The fourth-order valence-electron chi connectivity index (χ4n) is 6.24. The van der Waals surface area contributed by atoms with Crippen LogP contribution in [0, 0.1) is 0 Å². The molecular weight excluding hydrogens is 512 g/mol. The Morgan fingerprint density at radius 3 is 2.19 bits per heavy atom. The van der Waals surface area contributed by atoms with E-state index in [0.717, 1.165) is 61.0 Å². The van der Waals surface area contributed by atoms with Crippen LogP contribution in [0.1, 0.15) is 6.92 Å². The van der Waals surface area contributed by atoms with Gasteiger partial charge in [-0.1, -0.05) is 103 Å². The molecule has 1 aliphatic rings. The van der Waals surface area contributed by atoms with Crippen LogP contribution in [0.25, 0.3) is 88.5 Å². The third-order valence-electron chi connectivity index (χ3n) is 8.00. The summed E-state index contributed by atoms with van der Waals surface area (Å²) in [6.07, 6.45) is 1.75. The van der Waals surface area contributed by atoms with Gasteiger partial charge in [0.15, 0.2) is 5.82 Å². The first-order valence-corrected chi connectivity index (χ1v) is 14.2. The highest BCUT2D eigenvalue weighted by Crippen LogP contribution is 2.52. The molecule has 0 fully saturated rings. The van der Waals surface area contributed by atoms with Crippen molar-refractivity contribution in [3.05, 3.63) is 134 Å². The lowest BCUT2D eigenvalue weighted by atomic mass is 10.00. The molecule has 42 heavy (non-hydrogen) atoms. The van der Waals surface area contributed by atoms with Gasteiger partial charge in [0.05, 0.1) is 11.2 Å². The number of aromatic nitrogens is 2. The first-order valence-electron chi connectivity index (χ1n) is 14.2. The molecule has 1 aliphatic carbocycles. The standard InChI is InChI=1S/C36H20N2O.C3H6/c1-2-9-23(10-3-1)33-28-18-16-21-8-4-5-13-25(21)34(28)38-36(37-33)24-17-19-30-29(20-24)32-26-14-6-11-22-12-7-15-27(31(22)26)35(32)39-30;1-3-2/h1-20H;3H,1H2,2H3. The second-order valence-electron chi connectivity index (χ2n) is 10.6. The van der Waals surface area contributed by atoms with Gasteiger partial charge in [0.2, 0.25) is 0 Å². The molecule has 2 aromatic heterocycles. The topological polar surface area (TPSA) is 38.9 Å². The van der Waals surface area contributed by atoms with E-state index in [0.29, 0.717) is 5.82 Å². The smallest absolute Gasteiger partial charge is 0.160 e. The Bertz CT molecular complexity index is 2320. The summed E-state index contributed by atoms with van der Waals surface area (Å²) < 4.78 is 6.45. The van der Waals surface area contributed by atoms with Crippen molar-refractivity contribution in [2.24, 2.45) is 0 Å². The number of nitrogens with zero attached hydrogens (tertiary/aromatic N) is 2. The molecule has 0 spiro atoms. The van der Waals surface area contributed by atoms with Gasteiger partial charge in [0.25, 0.3) is 0 Å². The van der Waals surface area contributed by atoms with E-state index in [1.54, 1.807) is 6.08 Å². The predicted molar refractivity (Wildman–Crippen MR) is 175 cm³/mol. The molecule has 9 rings (SSSR count). The van der Waals surface area contributed by atoms with E-state index in [4.69, 9.17) is 14.4 Å². The summed E-state index contributed by atoms with van der Waals surface area (Å²) in [4.78, 5) is 10.4. The molecule has 0 atom stereocenters. The number of hydrogen-bond acceptors (Lipinski definition) is 3. The highest BCUT2D eigenvalue weighted by Gasteiger charge is 2.28. The molecule has 0 amide bonds. The quantitative estimate of drug-likeness (QED) is 0.162. The van der Waals surface area contributed by atoms with Gasteiger partial charge in [-0.15, -0.1) is 6.58 Å². The van der Waals surface area contributed by atoms with Crippen molar-refractivity contribution in [3.8, 4) is 45.1 Å². The van der Waals surface area contributed by atoms with Gasteiger partial charge in [-0.05, 0) is 47.5 Å². The molecule has 0 radical (unpaired) electrons. The molecule has 0 saturated carbocycles. The van der Waals surface area contributed by atoms with Crippen LogP contribution >= 0.6 is 0 Å². The minimum Gasteiger partial charge on any atom is -0.455 e. The summed E-state index contributed by atoms with van der Waals surface area (Å²) in [7, 11) is 0. The zero-order chi connectivity index (χ0) is 28.2. The van der Waals surface area contributed by atoms with Crippen molar-refractivity contribution < 1.29 is 4.42 Å². The van der Waals surface area contributed by atoms with Gasteiger partial charge >= 0.3 is 0 Å². The Kier molecular flexibility index (Phi) is 5.51. The molecule has 6 aromatic carbocycles. The zero-order valence-electron chi connectivity index (χ0n) is 23.1. The molecule has 198 valence electrons. The number of hydrogen-bond donors (Lipinski definition) is 0. The molecular formula is C39H26N2O. The fourth-order valence-corrected chi connectivity index (χ4v) is 6.24. The molecule has 8 aromatic rings. The van der Waals surface area contributed by atoms with Crippen molar-refractivity contribution in [2.45, 2.75) is 6.92 Å². The predicted octanol–water partition coefficient (Wildman–Crippen LogP) is 10.9. The summed E-state index contributed by atoms with van der Waals surface area (Å²) in [6, 6.07) is 42.4. The second-order valence-corrected chi connectivity index (χ2v) is 10.6. The number of furan rings is 1. The molecule has 0 saturated heterocycles. The summed E-state index contributed by atoms with van der Waals surface area (Å²) in [5, 5.41) is 6.94. The Morgan fingerprint density at radius 2 is 1.36 bits per heavy atom. The average molecular weight is 539 g/mol. The first-order chi connectivity index (χ1) is 20.7. The van der Waals surface area contributed by atoms with Crippen molar-refractivity contribution in [2.75, 3.05) is 0 Å². The minimum absolute atomic E-state index is 0.711. The Hall–Kier alpha value is -5.54. The van der Waals surface area contributed by atoms with Gasteiger partial charge in [-0.25, -0.2) is 9.97 Å². The van der Waals surface area contributed by atoms with Gasteiger partial charge < -0.3 is 4.42 Å². The maximum Gasteiger partial charge on any atom is 0.160 e. The van der Waals surface area contributed by atoms with Crippen LogP contribution in [0.2, 0.25) is 0 Å². The van der Waals surface area contributed by atoms with E-state index in [9.17, 15) is 0 Å².